The van der Waals surface area contributed by atoms with Gasteiger partial charge in [-0.1, -0.05) is 0 Å². The van der Waals surface area contributed by atoms with Gasteiger partial charge in [0.25, 0.3) is 0 Å². The van der Waals surface area contributed by atoms with Gasteiger partial charge in [-0.2, -0.15) is 18.7 Å². The number of anilines is 1. The summed E-state index contributed by atoms with van der Waals surface area (Å²) in [6.07, 6.45) is -6.36. The number of aromatic hydroxyl groups is 1. The molecule has 0 aliphatic heterocycles. The Hall–Kier alpha value is -1.84. The highest BCUT2D eigenvalue weighted by atomic mass is 19.4. The van der Waals surface area contributed by atoms with Crippen LogP contribution in [0.1, 0.15) is 10.4 Å². The maximum atomic E-state index is 12.8. The van der Waals surface area contributed by atoms with Crippen molar-refractivity contribution in [2.45, 2.75) is 12.3 Å². The van der Waals surface area contributed by atoms with Gasteiger partial charge in [-0.05, 0) is 25.2 Å². The lowest BCUT2D eigenvalue weighted by Gasteiger charge is -2.33. The Morgan fingerprint density at radius 1 is 1.47 bits per heavy atom. The van der Waals surface area contributed by atoms with Crippen molar-refractivity contribution in [3.05, 3.63) is 23.8 Å². The van der Waals surface area contributed by atoms with Crippen LogP contribution in [-0.2, 0) is 0 Å². The number of nitrogens with one attached hydrogen (secondary N) is 2. The van der Waals surface area contributed by atoms with E-state index in [1.165, 1.54) is 6.07 Å². The first-order valence-electron chi connectivity index (χ1n) is 5.12. The number of rotatable bonds is 5. The van der Waals surface area contributed by atoms with Gasteiger partial charge in [-0.25, -0.2) is 0 Å². The van der Waals surface area contributed by atoms with Crippen molar-refractivity contribution in [1.29, 1.82) is 0 Å². The molecule has 0 aliphatic carbocycles. The summed E-state index contributed by atoms with van der Waals surface area (Å²) in [4.78, 5) is 10.7. The smallest absolute Gasteiger partial charge is 0.423 e. The maximum absolute atomic E-state index is 12.8. The highest BCUT2D eigenvalue weighted by Gasteiger charge is 2.43. The van der Waals surface area contributed by atoms with Crippen LogP contribution in [0.4, 0.5) is 18.9 Å². The van der Waals surface area contributed by atoms with Gasteiger partial charge in [0.05, 0.1) is 11.3 Å². The molecule has 0 bridgehead atoms. The van der Waals surface area contributed by atoms with E-state index in [4.69, 9.17) is 5.84 Å². The quantitative estimate of drug-likeness (QED) is 0.271. The Labute approximate surface area is 106 Å². The number of nitrogens with zero attached hydrogens (tertiary/aromatic N) is 1. The molecule has 1 rings (SSSR count). The highest BCUT2D eigenvalue weighted by Crippen LogP contribution is 2.28. The molecule has 0 heterocycles. The number of phenolic OH excluding ortho intramolecular Hbond substituents is 1. The van der Waals surface area contributed by atoms with E-state index in [9.17, 15) is 23.1 Å². The van der Waals surface area contributed by atoms with Crippen LogP contribution in [0.5, 0.6) is 5.75 Å². The molecule has 0 aromatic heterocycles. The van der Waals surface area contributed by atoms with Crippen LogP contribution in [0.15, 0.2) is 18.2 Å². The van der Waals surface area contributed by atoms with E-state index >= 15 is 0 Å². The molecule has 6 nitrogen and oxygen atoms in total. The highest BCUT2D eigenvalue weighted by molar-refractivity contribution is 5.81. The molecule has 0 radical (unpaired) electrons. The third kappa shape index (κ3) is 3.34. The second-order valence-electron chi connectivity index (χ2n) is 3.59. The number of carbonyl (C=O) groups is 1. The largest absolute Gasteiger partial charge is 0.507 e. The zero-order valence-electron chi connectivity index (χ0n) is 9.90. The fraction of sp³-hybridized carbons (Fsp3) is 0.300. The van der Waals surface area contributed by atoms with Gasteiger partial charge in [0, 0.05) is 0 Å². The van der Waals surface area contributed by atoms with Crippen LogP contribution in [-0.4, -0.2) is 30.8 Å². The first-order valence-corrected chi connectivity index (χ1v) is 5.12. The molecule has 1 aromatic rings. The number of hydrogen-bond donors (Lipinski definition) is 4. The molecule has 106 valence electrons. The summed E-state index contributed by atoms with van der Waals surface area (Å²) in [5.41, 5.74) is 1.73. The van der Waals surface area contributed by atoms with Gasteiger partial charge >= 0.3 is 6.18 Å². The molecule has 0 spiro atoms. The number of aldehydes is 1. The number of alkyl halides is 3. The summed E-state index contributed by atoms with van der Waals surface area (Å²) in [6.45, 7) is 0. The van der Waals surface area contributed by atoms with Crippen LogP contribution in [0, 0.1) is 0 Å². The van der Waals surface area contributed by atoms with Gasteiger partial charge in [-0.3, -0.25) is 21.0 Å². The Kier molecular flexibility index (Phi) is 4.70. The van der Waals surface area contributed by atoms with Crippen LogP contribution < -0.4 is 21.7 Å². The number of hydrazine groups is 2. The molecule has 9 heteroatoms. The zero-order valence-corrected chi connectivity index (χ0v) is 9.90. The molecule has 1 atom stereocenters. The Bertz CT molecular complexity index is 453. The summed E-state index contributed by atoms with van der Waals surface area (Å²) in [6, 6.07) is 3.38. The minimum Gasteiger partial charge on any atom is -0.507 e. The second-order valence-corrected chi connectivity index (χ2v) is 3.59. The Morgan fingerprint density at radius 2 is 2.11 bits per heavy atom. The first kappa shape index (κ1) is 15.2. The average Bonchev–Trinajstić information content (AvgIpc) is 2.35. The molecule has 1 unspecified atom stereocenters. The number of hydrogen-bond acceptors (Lipinski definition) is 6. The van der Waals surface area contributed by atoms with E-state index < -0.39 is 12.3 Å². The SMILES string of the molecule is CNC(N(NN)c1ccc(O)c(C=O)c1)C(F)(F)F. The molecule has 5 N–H and O–H groups in total. The number of carbonyl (C=O) groups excluding carboxylic acids is 1. The van der Waals surface area contributed by atoms with Crippen molar-refractivity contribution in [1.82, 2.24) is 10.9 Å². The zero-order chi connectivity index (χ0) is 14.6. The van der Waals surface area contributed by atoms with Crippen molar-refractivity contribution in [2.75, 3.05) is 12.1 Å². The van der Waals surface area contributed by atoms with Crippen molar-refractivity contribution < 1.29 is 23.1 Å². The minimum atomic E-state index is -4.60. The van der Waals surface area contributed by atoms with Crippen LogP contribution in [0.25, 0.3) is 0 Å². The van der Waals surface area contributed by atoms with Gasteiger partial charge < -0.3 is 5.11 Å². The maximum Gasteiger partial charge on any atom is 0.423 e. The standard InChI is InChI=1S/C10H13F3N4O2/c1-15-9(10(11,12)13)17(16-14)7-2-3-8(19)6(4-7)5-18/h2-5,9,15-16,19H,14H2,1H3. The van der Waals surface area contributed by atoms with Crippen molar-refractivity contribution in [2.24, 2.45) is 5.84 Å². The van der Waals surface area contributed by atoms with E-state index in [0.717, 1.165) is 19.2 Å². The third-order valence-corrected chi connectivity index (χ3v) is 2.40. The summed E-state index contributed by atoms with van der Waals surface area (Å²) in [5.74, 6) is 4.76. The van der Waals surface area contributed by atoms with Crippen LogP contribution >= 0.6 is 0 Å². The molecule has 1 aromatic carbocycles. The van der Waals surface area contributed by atoms with E-state index in [2.05, 4.69) is 5.32 Å². The average molecular weight is 278 g/mol. The lowest BCUT2D eigenvalue weighted by molar-refractivity contribution is -0.156. The number of benzene rings is 1. The lowest BCUT2D eigenvalue weighted by atomic mass is 10.2. The van der Waals surface area contributed by atoms with Crippen LogP contribution in [0.3, 0.4) is 0 Å². The molecule has 19 heavy (non-hydrogen) atoms. The predicted octanol–water partition coefficient (Wildman–Crippen LogP) is 0.497. The summed E-state index contributed by atoms with van der Waals surface area (Å²) < 4.78 is 38.4. The lowest BCUT2D eigenvalue weighted by Crippen LogP contribution is -2.61. The molecule has 0 fully saturated rings. The summed E-state index contributed by atoms with van der Waals surface area (Å²) in [5, 5.41) is 11.9. The van der Waals surface area contributed by atoms with Gasteiger partial charge in [0.2, 0.25) is 0 Å². The van der Waals surface area contributed by atoms with E-state index in [1.54, 1.807) is 0 Å². The normalized spacial score (nSPS) is 13.1. The molecule has 0 amide bonds. The summed E-state index contributed by atoms with van der Waals surface area (Å²) in [7, 11) is 1.11. The van der Waals surface area contributed by atoms with Crippen molar-refractivity contribution in [3.8, 4) is 5.75 Å². The molecular formula is C10H13F3N4O2. The Morgan fingerprint density at radius 3 is 2.53 bits per heavy atom. The molecule has 0 saturated heterocycles. The fourth-order valence-electron chi connectivity index (χ4n) is 1.52. The van der Waals surface area contributed by atoms with E-state index in [0.29, 0.717) is 11.3 Å². The van der Waals surface area contributed by atoms with Crippen LogP contribution in [0.2, 0.25) is 0 Å². The number of halogens is 3. The second kappa shape index (κ2) is 5.87. The molecular weight excluding hydrogens is 265 g/mol. The monoisotopic (exact) mass is 278 g/mol. The molecule has 0 saturated carbocycles. The van der Waals surface area contributed by atoms with Gasteiger partial charge in [-0.15, -0.1) is 0 Å². The predicted molar refractivity (Wildman–Crippen MR) is 62.2 cm³/mol. The third-order valence-electron chi connectivity index (χ3n) is 2.40. The molecule has 0 aliphatic rings. The van der Waals surface area contributed by atoms with E-state index in [1.807, 2.05) is 5.53 Å². The number of phenols is 1. The number of nitrogens with two attached hydrogens (primary N) is 1. The van der Waals surface area contributed by atoms with Gasteiger partial charge in [0.1, 0.15) is 5.75 Å². The topological polar surface area (TPSA) is 90.6 Å². The van der Waals surface area contributed by atoms with Crippen molar-refractivity contribution in [3.63, 3.8) is 0 Å². The first-order chi connectivity index (χ1) is 8.85. The van der Waals surface area contributed by atoms with Gasteiger partial charge in [0.15, 0.2) is 12.5 Å². The minimum absolute atomic E-state index is 0.0286. The Balaban J connectivity index is 3.19. The van der Waals surface area contributed by atoms with E-state index in [-0.39, 0.29) is 17.0 Å². The summed E-state index contributed by atoms with van der Waals surface area (Å²) >= 11 is 0. The fourth-order valence-corrected chi connectivity index (χ4v) is 1.52. The van der Waals surface area contributed by atoms with Crippen molar-refractivity contribution >= 4 is 12.0 Å².